The van der Waals surface area contributed by atoms with E-state index in [9.17, 15) is 0 Å². The van der Waals surface area contributed by atoms with Gasteiger partial charge in [-0.15, -0.1) is 0 Å². The maximum atomic E-state index is 2.22. The lowest BCUT2D eigenvalue weighted by Gasteiger charge is -1.92. The summed E-state index contributed by atoms with van der Waals surface area (Å²) in [6, 6.07) is 10.5. The number of hydrogen-bond acceptors (Lipinski definition) is 0. The molecule has 0 nitrogen and oxygen atoms in total. The fourth-order valence-corrected chi connectivity index (χ4v) is 1.00. The van der Waals surface area contributed by atoms with Crippen molar-refractivity contribution in [2.75, 3.05) is 0 Å². The molecule has 0 unspecified atom stereocenters. The molecule has 1 aromatic carbocycles. The van der Waals surface area contributed by atoms with Gasteiger partial charge in [-0.1, -0.05) is 49.4 Å². The Bertz CT molecular complexity index is 209. The second kappa shape index (κ2) is 4.73. The van der Waals surface area contributed by atoms with Crippen LogP contribution in [0.3, 0.4) is 0 Å². The zero-order valence-electron chi connectivity index (χ0n) is 6.96. The van der Waals surface area contributed by atoms with Gasteiger partial charge in [0, 0.05) is 0 Å². The normalized spacial score (nSPS) is 10.6. The van der Waals surface area contributed by atoms with Crippen LogP contribution in [0.4, 0.5) is 0 Å². The molecule has 0 aliphatic rings. The van der Waals surface area contributed by atoms with E-state index in [0.717, 1.165) is 12.8 Å². The molecule has 0 atom stereocenters. The fraction of sp³-hybridized carbons (Fsp3) is 0.273. The number of hydrogen-bond donors (Lipinski definition) is 0. The van der Waals surface area contributed by atoms with Gasteiger partial charge in [-0.3, -0.25) is 0 Å². The molecule has 0 heterocycles. The van der Waals surface area contributed by atoms with Crippen LogP contribution in [-0.4, -0.2) is 0 Å². The highest BCUT2D eigenvalue weighted by Crippen LogP contribution is 1.99. The number of rotatable bonds is 3. The van der Waals surface area contributed by atoms with Crippen LogP contribution in [0.5, 0.6) is 0 Å². The number of allylic oxidation sites excluding steroid dienone is 2. The van der Waals surface area contributed by atoms with Gasteiger partial charge in [0.25, 0.3) is 0 Å². The summed E-state index contributed by atoms with van der Waals surface area (Å²) in [6.07, 6.45) is 6.61. The van der Waals surface area contributed by atoms with Crippen LogP contribution >= 0.6 is 0 Å². The summed E-state index contributed by atoms with van der Waals surface area (Å²) in [6.45, 7) is 2.15. The molecule has 0 bridgehead atoms. The smallest absolute Gasteiger partial charge is 0.00975 e. The highest BCUT2D eigenvalue weighted by molar-refractivity contribution is 5.17. The summed E-state index contributed by atoms with van der Waals surface area (Å²) in [4.78, 5) is 0. The Labute approximate surface area is 68.6 Å². The Morgan fingerprint density at radius 3 is 2.45 bits per heavy atom. The Morgan fingerprint density at radius 1 is 1.09 bits per heavy atom. The fourth-order valence-electron chi connectivity index (χ4n) is 1.00. The van der Waals surface area contributed by atoms with E-state index >= 15 is 0 Å². The first-order valence-electron chi connectivity index (χ1n) is 4.12. The van der Waals surface area contributed by atoms with Crippen molar-refractivity contribution in [3.63, 3.8) is 0 Å². The molecule has 0 spiro atoms. The molecular formula is C11H14. The highest BCUT2D eigenvalue weighted by Gasteiger charge is 1.83. The lowest BCUT2D eigenvalue weighted by Crippen LogP contribution is -1.77. The van der Waals surface area contributed by atoms with Gasteiger partial charge in [0.1, 0.15) is 0 Å². The van der Waals surface area contributed by atoms with E-state index in [2.05, 4.69) is 43.3 Å². The van der Waals surface area contributed by atoms with Gasteiger partial charge in [-0.05, 0) is 18.4 Å². The lowest BCUT2D eigenvalue weighted by molar-refractivity contribution is 1.18. The van der Waals surface area contributed by atoms with E-state index in [1.165, 1.54) is 5.56 Å². The summed E-state index contributed by atoms with van der Waals surface area (Å²) in [5.41, 5.74) is 1.39. The van der Waals surface area contributed by atoms with Crippen molar-refractivity contribution in [2.24, 2.45) is 0 Å². The summed E-state index contributed by atoms with van der Waals surface area (Å²) in [7, 11) is 0. The molecule has 0 aliphatic heterocycles. The van der Waals surface area contributed by atoms with E-state index in [0.29, 0.717) is 0 Å². The first-order chi connectivity index (χ1) is 5.43. The van der Waals surface area contributed by atoms with E-state index < -0.39 is 0 Å². The second-order valence-corrected chi connectivity index (χ2v) is 2.57. The molecule has 0 heteroatoms. The van der Waals surface area contributed by atoms with E-state index in [1.807, 2.05) is 6.07 Å². The molecule has 0 aromatic heterocycles. The Morgan fingerprint density at radius 2 is 1.82 bits per heavy atom. The summed E-state index contributed by atoms with van der Waals surface area (Å²) in [5.74, 6) is 0. The Balaban J connectivity index is 2.45. The molecule has 0 amide bonds. The predicted molar refractivity (Wildman–Crippen MR) is 49.6 cm³/mol. The van der Waals surface area contributed by atoms with Crippen molar-refractivity contribution in [3.8, 4) is 0 Å². The van der Waals surface area contributed by atoms with Gasteiger partial charge in [-0.25, -0.2) is 0 Å². The lowest BCUT2D eigenvalue weighted by atomic mass is 10.1. The van der Waals surface area contributed by atoms with Crippen molar-refractivity contribution >= 4 is 0 Å². The average molecular weight is 146 g/mol. The minimum atomic E-state index is 1.06. The summed E-state index contributed by atoms with van der Waals surface area (Å²) >= 11 is 0. The van der Waals surface area contributed by atoms with Crippen LogP contribution in [0, 0.1) is 0 Å². The van der Waals surface area contributed by atoms with Gasteiger partial charge in [0.2, 0.25) is 0 Å². The molecule has 0 saturated carbocycles. The zero-order valence-corrected chi connectivity index (χ0v) is 6.96. The van der Waals surface area contributed by atoms with Gasteiger partial charge in [0.05, 0.1) is 0 Å². The monoisotopic (exact) mass is 146 g/mol. The minimum absolute atomic E-state index is 1.06. The summed E-state index contributed by atoms with van der Waals surface area (Å²) < 4.78 is 0. The Hall–Kier alpha value is -1.04. The van der Waals surface area contributed by atoms with Crippen LogP contribution < -0.4 is 0 Å². The van der Waals surface area contributed by atoms with Crippen LogP contribution in [-0.2, 0) is 6.42 Å². The van der Waals surface area contributed by atoms with E-state index in [4.69, 9.17) is 0 Å². The molecule has 0 radical (unpaired) electrons. The molecule has 11 heavy (non-hydrogen) atoms. The maximum Gasteiger partial charge on any atom is -0.00975 e. The van der Waals surface area contributed by atoms with Crippen LogP contribution in [0.15, 0.2) is 42.5 Å². The molecular weight excluding hydrogens is 132 g/mol. The first-order valence-corrected chi connectivity index (χ1v) is 4.12. The standard InChI is InChI=1S/C11H14/c1-2-3-5-8-11-9-6-4-7-10-11/h3-7,9-10H,2,8H2,1H3/b5-3-. The predicted octanol–water partition coefficient (Wildman–Crippen LogP) is 3.20. The molecule has 0 saturated heterocycles. The van der Waals surface area contributed by atoms with Crippen LogP contribution in [0.1, 0.15) is 18.9 Å². The second-order valence-electron chi connectivity index (χ2n) is 2.57. The zero-order chi connectivity index (χ0) is 7.94. The quantitative estimate of drug-likeness (QED) is 0.574. The third-order valence-electron chi connectivity index (χ3n) is 1.60. The van der Waals surface area contributed by atoms with Gasteiger partial charge in [-0.2, -0.15) is 0 Å². The van der Waals surface area contributed by atoms with Crippen molar-refractivity contribution in [1.82, 2.24) is 0 Å². The SMILES string of the molecule is CC/C=C\Cc1ccccc1. The molecule has 0 fully saturated rings. The largest absolute Gasteiger partial charge is 0.0885 e. The third kappa shape index (κ3) is 3.03. The highest BCUT2D eigenvalue weighted by atomic mass is 13.9. The van der Waals surface area contributed by atoms with Crippen LogP contribution in [0.25, 0.3) is 0 Å². The topological polar surface area (TPSA) is 0 Å². The molecule has 0 N–H and O–H groups in total. The third-order valence-corrected chi connectivity index (χ3v) is 1.60. The van der Waals surface area contributed by atoms with Crippen molar-refractivity contribution in [1.29, 1.82) is 0 Å². The minimum Gasteiger partial charge on any atom is -0.0885 e. The van der Waals surface area contributed by atoms with Crippen LogP contribution in [0.2, 0.25) is 0 Å². The van der Waals surface area contributed by atoms with E-state index in [1.54, 1.807) is 0 Å². The van der Waals surface area contributed by atoms with Gasteiger partial charge < -0.3 is 0 Å². The Kier molecular flexibility index (Phi) is 3.46. The molecule has 0 aliphatic carbocycles. The summed E-state index contributed by atoms with van der Waals surface area (Å²) in [5, 5.41) is 0. The molecule has 58 valence electrons. The molecule has 1 rings (SSSR count). The van der Waals surface area contributed by atoms with Gasteiger partial charge in [0.15, 0.2) is 0 Å². The average Bonchev–Trinajstić information content (AvgIpc) is 2.07. The van der Waals surface area contributed by atoms with E-state index in [-0.39, 0.29) is 0 Å². The van der Waals surface area contributed by atoms with Crippen molar-refractivity contribution in [3.05, 3.63) is 48.0 Å². The maximum absolute atomic E-state index is 2.22. The molecule has 1 aromatic rings. The van der Waals surface area contributed by atoms with Gasteiger partial charge >= 0.3 is 0 Å². The van der Waals surface area contributed by atoms with Crippen molar-refractivity contribution in [2.45, 2.75) is 19.8 Å². The first kappa shape index (κ1) is 8.06. The number of benzene rings is 1. The van der Waals surface area contributed by atoms with Crippen molar-refractivity contribution < 1.29 is 0 Å².